The molecule has 0 unspecified atom stereocenters. The van der Waals surface area contributed by atoms with Crippen LogP contribution >= 0.6 is 27.5 Å². The molecule has 4 nitrogen and oxygen atoms in total. The predicted octanol–water partition coefficient (Wildman–Crippen LogP) is 6.01. The van der Waals surface area contributed by atoms with E-state index >= 15 is 0 Å². The molecular weight excluding hydrogens is 438 g/mol. The Bertz CT molecular complexity index is 1170. The number of rotatable bonds is 4. The van der Waals surface area contributed by atoms with E-state index in [1.807, 2.05) is 60.7 Å². The molecular formula is C22H15BrClN3O. The van der Waals surface area contributed by atoms with Crippen LogP contribution in [0.4, 0.5) is 0 Å². The third kappa shape index (κ3) is 3.86. The minimum Gasteiger partial charge on any atom is -0.350 e. The third-order valence-electron chi connectivity index (χ3n) is 4.30. The number of carbonyl (C=O) groups is 1. The number of carbonyl (C=O) groups excluding carboxylic acids is 1. The van der Waals surface area contributed by atoms with Crippen molar-refractivity contribution in [3.05, 3.63) is 93.5 Å². The van der Waals surface area contributed by atoms with E-state index in [0.717, 1.165) is 32.1 Å². The van der Waals surface area contributed by atoms with Crippen molar-refractivity contribution in [2.75, 3.05) is 0 Å². The molecule has 1 aromatic heterocycles. The molecule has 0 bridgehead atoms. The Hall–Kier alpha value is -2.89. The molecule has 0 spiro atoms. The lowest BCUT2D eigenvalue weighted by atomic mass is 10.0. The highest BCUT2D eigenvalue weighted by molar-refractivity contribution is 9.10. The first-order chi connectivity index (χ1) is 13.6. The molecule has 6 heteroatoms. The van der Waals surface area contributed by atoms with Gasteiger partial charge in [-0.3, -0.25) is 4.79 Å². The van der Waals surface area contributed by atoms with E-state index < -0.39 is 0 Å². The standard InChI is InChI=1S/C22H15BrClN3O/c23-16-8-11-19-18(12-16)20(15-4-2-1-3-5-15)21(26-19)22(28)27-25-13-14-6-9-17(24)10-7-14/h1-13,26H,(H,27,28)/b25-13-. The van der Waals surface area contributed by atoms with E-state index in [0.29, 0.717) is 10.7 Å². The fourth-order valence-corrected chi connectivity index (χ4v) is 3.50. The number of nitrogens with zero attached hydrogens (tertiary/aromatic N) is 1. The molecule has 0 saturated carbocycles. The Kier molecular flexibility index (Phi) is 5.28. The molecule has 3 aromatic carbocycles. The van der Waals surface area contributed by atoms with Gasteiger partial charge in [0.2, 0.25) is 0 Å². The van der Waals surface area contributed by atoms with E-state index in [1.165, 1.54) is 0 Å². The molecule has 1 amide bonds. The maximum Gasteiger partial charge on any atom is 0.288 e. The largest absolute Gasteiger partial charge is 0.350 e. The molecule has 0 saturated heterocycles. The maximum atomic E-state index is 12.8. The van der Waals surface area contributed by atoms with Crippen molar-refractivity contribution >= 4 is 50.6 Å². The zero-order valence-corrected chi connectivity index (χ0v) is 17.0. The van der Waals surface area contributed by atoms with Gasteiger partial charge in [0.25, 0.3) is 5.91 Å². The van der Waals surface area contributed by atoms with Crippen LogP contribution in [0.3, 0.4) is 0 Å². The minimum atomic E-state index is -0.309. The molecule has 1 heterocycles. The van der Waals surface area contributed by atoms with Crippen molar-refractivity contribution in [1.29, 1.82) is 0 Å². The number of aromatic amines is 1. The number of aromatic nitrogens is 1. The molecule has 28 heavy (non-hydrogen) atoms. The number of nitrogens with one attached hydrogen (secondary N) is 2. The van der Waals surface area contributed by atoms with Crippen LogP contribution < -0.4 is 5.43 Å². The molecule has 0 fully saturated rings. The normalized spacial score (nSPS) is 11.2. The second-order valence-corrected chi connectivity index (χ2v) is 7.53. The second kappa shape index (κ2) is 8.00. The molecule has 138 valence electrons. The highest BCUT2D eigenvalue weighted by Gasteiger charge is 2.19. The van der Waals surface area contributed by atoms with Crippen LogP contribution in [-0.2, 0) is 0 Å². The Balaban J connectivity index is 1.69. The van der Waals surface area contributed by atoms with Crippen molar-refractivity contribution < 1.29 is 4.79 Å². The lowest BCUT2D eigenvalue weighted by molar-refractivity contribution is 0.0951. The van der Waals surface area contributed by atoms with Crippen LogP contribution in [0.2, 0.25) is 5.02 Å². The molecule has 2 N–H and O–H groups in total. The smallest absolute Gasteiger partial charge is 0.288 e. The number of halogens is 2. The summed E-state index contributed by atoms with van der Waals surface area (Å²) in [7, 11) is 0. The van der Waals surface area contributed by atoms with Gasteiger partial charge >= 0.3 is 0 Å². The van der Waals surface area contributed by atoms with E-state index in [9.17, 15) is 4.79 Å². The van der Waals surface area contributed by atoms with E-state index in [2.05, 4.69) is 31.4 Å². The fraction of sp³-hybridized carbons (Fsp3) is 0. The average Bonchev–Trinajstić information content (AvgIpc) is 3.09. The Morgan fingerprint density at radius 3 is 2.54 bits per heavy atom. The number of hydrazone groups is 1. The SMILES string of the molecule is O=C(N/N=C\c1ccc(Cl)cc1)c1[nH]c2ccc(Br)cc2c1-c1ccccc1. The predicted molar refractivity (Wildman–Crippen MR) is 118 cm³/mol. The van der Waals surface area contributed by atoms with Gasteiger partial charge in [0.1, 0.15) is 5.69 Å². The highest BCUT2D eigenvalue weighted by atomic mass is 79.9. The summed E-state index contributed by atoms with van der Waals surface area (Å²) in [6.45, 7) is 0. The van der Waals surface area contributed by atoms with Gasteiger partial charge in [0, 0.05) is 26.0 Å². The lowest BCUT2D eigenvalue weighted by Gasteiger charge is -2.04. The fourth-order valence-electron chi connectivity index (χ4n) is 3.01. The number of fused-ring (bicyclic) bond motifs is 1. The summed E-state index contributed by atoms with van der Waals surface area (Å²) in [5.74, 6) is -0.309. The second-order valence-electron chi connectivity index (χ2n) is 6.18. The minimum absolute atomic E-state index is 0.309. The summed E-state index contributed by atoms with van der Waals surface area (Å²) in [5.41, 5.74) is 6.59. The zero-order valence-electron chi connectivity index (χ0n) is 14.6. The van der Waals surface area contributed by atoms with Crippen LogP contribution in [0.15, 0.2) is 82.4 Å². The van der Waals surface area contributed by atoms with Crippen LogP contribution in [0.1, 0.15) is 16.1 Å². The van der Waals surface area contributed by atoms with Crippen LogP contribution in [0.25, 0.3) is 22.0 Å². The molecule has 0 atom stereocenters. The van der Waals surface area contributed by atoms with Crippen molar-refractivity contribution in [1.82, 2.24) is 10.4 Å². The van der Waals surface area contributed by atoms with Crippen LogP contribution in [-0.4, -0.2) is 17.1 Å². The maximum absolute atomic E-state index is 12.8. The van der Waals surface area contributed by atoms with E-state index in [1.54, 1.807) is 18.3 Å². The van der Waals surface area contributed by atoms with Gasteiger partial charge in [-0.25, -0.2) is 5.43 Å². The first-order valence-corrected chi connectivity index (χ1v) is 9.74. The number of benzene rings is 3. The third-order valence-corrected chi connectivity index (χ3v) is 5.05. The summed E-state index contributed by atoms with van der Waals surface area (Å²) in [5, 5.41) is 5.69. The monoisotopic (exact) mass is 451 g/mol. The summed E-state index contributed by atoms with van der Waals surface area (Å²) in [6.07, 6.45) is 1.58. The molecule has 0 radical (unpaired) electrons. The summed E-state index contributed by atoms with van der Waals surface area (Å²) in [6, 6.07) is 22.9. The van der Waals surface area contributed by atoms with Crippen molar-refractivity contribution in [3.63, 3.8) is 0 Å². The van der Waals surface area contributed by atoms with Gasteiger partial charge in [-0.1, -0.05) is 70.0 Å². The molecule has 0 aliphatic rings. The van der Waals surface area contributed by atoms with Crippen LogP contribution in [0.5, 0.6) is 0 Å². The van der Waals surface area contributed by atoms with Crippen LogP contribution in [0, 0.1) is 0 Å². The van der Waals surface area contributed by atoms with Gasteiger partial charge in [-0.15, -0.1) is 0 Å². The Labute approximate surface area is 175 Å². The van der Waals surface area contributed by atoms with E-state index in [-0.39, 0.29) is 5.91 Å². The lowest BCUT2D eigenvalue weighted by Crippen LogP contribution is -2.18. The van der Waals surface area contributed by atoms with Crippen molar-refractivity contribution in [3.8, 4) is 11.1 Å². The van der Waals surface area contributed by atoms with Gasteiger partial charge in [0.05, 0.1) is 6.21 Å². The Morgan fingerprint density at radius 2 is 1.79 bits per heavy atom. The van der Waals surface area contributed by atoms with E-state index in [4.69, 9.17) is 11.6 Å². The van der Waals surface area contributed by atoms with Gasteiger partial charge in [-0.05, 0) is 41.5 Å². The average molecular weight is 453 g/mol. The topological polar surface area (TPSA) is 57.2 Å². The summed E-state index contributed by atoms with van der Waals surface area (Å²) < 4.78 is 0.948. The van der Waals surface area contributed by atoms with Crippen molar-refractivity contribution in [2.45, 2.75) is 0 Å². The first kappa shape index (κ1) is 18.5. The van der Waals surface area contributed by atoms with Crippen molar-refractivity contribution in [2.24, 2.45) is 5.10 Å². The zero-order chi connectivity index (χ0) is 19.5. The van der Waals surface area contributed by atoms with Gasteiger partial charge < -0.3 is 4.98 Å². The molecule has 0 aliphatic heterocycles. The quantitative estimate of drug-likeness (QED) is 0.289. The highest BCUT2D eigenvalue weighted by Crippen LogP contribution is 2.34. The van der Waals surface area contributed by atoms with Gasteiger partial charge in [0.15, 0.2) is 0 Å². The number of hydrogen-bond donors (Lipinski definition) is 2. The Morgan fingerprint density at radius 1 is 1.04 bits per heavy atom. The molecule has 4 rings (SSSR count). The number of amides is 1. The summed E-state index contributed by atoms with van der Waals surface area (Å²) >= 11 is 9.39. The molecule has 0 aliphatic carbocycles. The molecule has 4 aromatic rings. The number of hydrogen-bond acceptors (Lipinski definition) is 2. The first-order valence-electron chi connectivity index (χ1n) is 8.57. The summed E-state index contributed by atoms with van der Waals surface area (Å²) in [4.78, 5) is 16.1. The van der Waals surface area contributed by atoms with Gasteiger partial charge in [-0.2, -0.15) is 5.10 Å². The number of H-pyrrole nitrogens is 1.